The summed E-state index contributed by atoms with van der Waals surface area (Å²) in [5, 5.41) is 9.59. The quantitative estimate of drug-likeness (QED) is 0.859. The number of aromatic hydroxyl groups is 1. The molecule has 0 aliphatic rings. The van der Waals surface area contributed by atoms with E-state index < -0.39 is 5.82 Å². The molecular formula is C11H12BrFO2. The standard InChI is InChI=1S/C11H12BrFO2/c1-6(3-4-14)10-7(2)8(12)5-9(13)11(10)15/h4-6,15H,3H2,1-2H3. The maximum atomic E-state index is 13.3. The first-order valence-electron chi connectivity index (χ1n) is 4.60. The lowest BCUT2D eigenvalue weighted by atomic mass is 9.93. The normalized spacial score (nSPS) is 12.5. The molecular weight excluding hydrogens is 263 g/mol. The van der Waals surface area contributed by atoms with Gasteiger partial charge in [0.2, 0.25) is 0 Å². The van der Waals surface area contributed by atoms with Gasteiger partial charge in [-0.2, -0.15) is 0 Å². The fourth-order valence-corrected chi connectivity index (χ4v) is 2.00. The number of benzene rings is 1. The van der Waals surface area contributed by atoms with Gasteiger partial charge < -0.3 is 9.90 Å². The highest BCUT2D eigenvalue weighted by Gasteiger charge is 2.18. The molecule has 0 fully saturated rings. The van der Waals surface area contributed by atoms with Gasteiger partial charge in [0.05, 0.1) is 0 Å². The number of phenols is 1. The summed E-state index contributed by atoms with van der Waals surface area (Å²) in [5.74, 6) is -1.21. The molecule has 0 bridgehead atoms. The van der Waals surface area contributed by atoms with Crippen LogP contribution in [0.3, 0.4) is 0 Å². The van der Waals surface area contributed by atoms with Crippen LogP contribution >= 0.6 is 15.9 Å². The Balaban J connectivity index is 3.31. The maximum Gasteiger partial charge on any atom is 0.166 e. The molecule has 15 heavy (non-hydrogen) atoms. The molecule has 0 amide bonds. The second-order valence-corrected chi connectivity index (χ2v) is 4.39. The predicted molar refractivity (Wildman–Crippen MR) is 59.6 cm³/mol. The van der Waals surface area contributed by atoms with Crippen molar-refractivity contribution >= 4 is 22.2 Å². The molecule has 0 saturated heterocycles. The van der Waals surface area contributed by atoms with E-state index in [1.165, 1.54) is 6.07 Å². The van der Waals surface area contributed by atoms with Crippen molar-refractivity contribution in [3.8, 4) is 5.75 Å². The summed E-state index contributed by atoms with van der Waals surface area (Å²) in [4.78, 5) is 10.4. The first-order valence-corrected chi connectivity index (χ1v) is 5.39. The fourth-order valence-electron chi connectivity index (χ4n) is 1.59. The third kappa shape index (κ3) is 2.37. The molecule has 0 aromatic heterocycles. The third-order valence-electron chi connectivity index (χ3n) is 2.44. The number of hydrogen-bond donors (Lipinski definition) is 1. The van der Waals surface area contributed by atoms with E-state index in [2.05, 4.69) is 15.9 Å². The van der Waals surface area contributed by atoms with Gasteiger partial charge in [-0.1, -0.05) is 22.9 Å². The van der Waals surface area contributed by atoms with E-state index in [1.807, 2.05) is 0 Å². The highest BCUT2D eigenvalue weighted by Crippen LogP contribution is 2.36. The Morgan fingerprint density at radius 3 is 2.80 bits per heavy atom. The maximum absolute atomic E-state index is 13.3. The summed E-state index contributed by atoms with van der Waals surface area (Å²) in [7, 11) is 0. The molecule has 0 heterocycles. The van der Waals surface area contributed by atoms with Crippen LogP contribution in [-0.4, -0.2) is 11.4 Å². The summed E-state index contributed by atoms with van der Waals surface area (Å²) >= 11 is 3.21. The fraction of sp³-hybridized carbons (Fsp3) is 0.364. The van der Waals surface area contributed by atoms with Crippen molar-refractivity contribution in [1.82, 2.24) is 0 Å². The number of carbonyl (C=O) groups excluding carboxylic acids is 1. The van der Waals surface area contributed by atoms with Crippen molar-refractivity contribution in [2.45, 2.75) is 26.2 Å². The molecule has 82 valence electrons. The van der Waals surface area contributed by atoms with Gasteiger partial charge in [0, 0.05) is 16.5 Å². The number of carbonyl (C=O) groups is 1. The zero-order valence-corrected chi connectivity index (χ0v) is 10.1. The first-order chi connectivity index (χ1) is 6.99. The molecule has 1 unspecified atom stereocenters. The minimum atomic E-state index is -0.666. The Hall–Kier alpha value is -0.900. The Bertz CT molecular complexity index is 364. The van der Waals surface area contributed by atoms with Gasteiger partial charge in [-0.15, -0.1) is 0 Å². The van der Waals surface area contributed by atoms with Crippen LogP contribution in [0.25, 0.3) is 0 Å². The number of hydrogen-bond acceptors (Lipinski definition) is 2. The topological polar surface area (TPSA) is 37.3 Å². The average molecular weight is 275 g/mol. The summed E-state index contributed by atoms with van der Waals surface area (Å²) < 4.78 is 13.9. The minimum Gasteiger partial charge on any atom is -0.505 e. The van der Waals surface area contributed by atoms with E-state index in [4.69, 9.17) is 0 Å². The second-order valence-electron chi connectivity index (χ2n) is 3.53. The van der Waals surface area contributed by atoms with Gasteiger partial charge in [0.1, 0.15) is 6.29 Å². The van der Waals surface area contributed by atoms with Gasteiger partial charge in [0.25, 0.3) is 0 Å². The van der Waals surface area contributed by atoms with E-state index in [1.54, 1.807) is 13.8 Å². The molecule has 0 aliphatic carbocycles. The van der Waals surface area contributed by atoms with Gasteiger partial charge in [-0.05, 0) is 24.5 Å². The second kappa shape index (κ2) is 4.75. The monoisotopic (exact) mass is 274 g/mol. The van der Waals surface area contributed by atoms with Crippen LogP contribution in [0.5, 0.6) is 5.75 Å². The summed E-state index contributed by atoms with van der Waals surface area (Å²) in [6, 6.07) is 1.22. The average Bonchev–Trinajstić information content (AvgIpc) is 2.16. The molecule has 1 N–H and O–H groups in total. The molecule has 0 radical (unpaired) electrons. The molecule has 1 rings (SSSR count). The zero-order valence-electron chi connectivity index (χ0n) is 8.55. The van der Waals surface area contributed by atoms with Crippen LogP contribution in [0.15, 0.2) is 10.5 Å². The molecule has 0 spiro atoms. The van der Waals surface area contributed by atoms with E-state index in [0.29, 0.717) is 10.0 Å². The Morgan fingerprint density at radius 2 is 2.27 bits per heavy atom. The van der Waals surface area contributed by atoms with E-state index in [0.717, 1.165) is 11.8 Å². The van der Waals surface area contributed by atoms with Gasteiger partial charge >= 0.3 is 0 Å². The summed E-state index contributed by atoms with van der Waals surface area (Å²) in [6.45, 7) is 3.56. The van der Waals surface area contributed by atoms with E-state index >= 15 is 0 Å². The number of aldehydes is 1. The van der Waals surface area contributed by atoms with Crippen molar-refractivity contribution in [2.24, 2.45) is 0 Å². The Morgan fingerprint density at radius 1 is 1.67 bits per heavy atom. The number of rotatable bonds is 3. The third-order valence-corrected chi connectivity index (χ3v) is 3.26. The predicted octanol–water partition coefficient (Wildman–Crippen LogP) is 3.29. The largest absolute Gasteiger partial charge is 0.505 e. The number of phenolic OH excluding ortho intramolecular Hbond substituents is 1. The molecule has 1 aromatic rings. The zero-order chi connectivity index (χ0) is 11.6. The van der Waals surface area contributed by atoms with Crippen LogP contribution in [-0.2, 0) is 4.79 Å². The minimum absolute atomic E-state index is 0.186. The summed E-state index contributed by atoms with van der Waals surface area (Å²) in [5.41, 5.74) is 1.26. The lowest BCUT2D eigenvalue weighted by Crippen LogP contribution is -2.00. The lowest BCUT2D eigenvalue weighted by molar-refractivity contribution is -0.108. The van der Waals surface area contributed by atoms with Crippen LogP contribution in [0.2, 0.25) is 0 Å². The van der Waals surface area contributed by atoms with Crippen molar-refractivity contribution in [3.63, 3.8) is 0 Å². The van der Waals surface area contributed by atoms with E-state index in [9.17, 15) is 14.3 Å². The van der Waals surface area contributed by atoms with Gasteiger partial charge in [-0.3, -0.25) is 0 Å². The molecule has 4 heteroatoms. The van der Waals surface area contributed by atoms with Crippen LogP contribution < -0.4 is 0 Å². The van der Waals surface area contributed by atoms with E-state index in [-0.39, 0.29) is 18.1 Å². The van der Waals surface area contributed by atoms with Crippen molar-refractivity contribution < 1.29 is 14.3 Å². The molecule has 1 aromatic carbocycles. The Labute approximate surface area is 96.2 Å². The highest BCUT2D eigenvalue weighted by molar-refractivity contribution is 9.10. The molecule has 0 saturated carbocycles. The van der Waals surface area contributed by atoms with Crippen LogP contribution in [0.1, 0.15) is 30.4 Å². The smallest absolute Gasteiger partial charge is 0.166 e. The lowest BCUT2D eigenvalue weighted by Gasteiger charge is -2.15. The van der Waals surface area contributed by atoms with Gasteiger partial charge in [-0.25, -0.2) is 4.39 Å². The number of halogens is 2. The summed E-state index contributed by atoms with van der Waals surface area (Å²) in [6.07, 6.45) is 1.03. The molecule has 1 atom stereocenters. The molecule has 2 nitrogen and oxygen atoms in total. The first kappa shape index (κ1) is 12.2. The van der Waals surface area contributed by atoms with Crippen molar-refractivity contribution in [3.05, 3.63) is 27.5 Å². The Kier molecular flexibility index (Phi) is 3.85. The van der Waals surface area contributed by atoms with Crippen molar-refractivity contribution in [2.75, 3.05) is 0 Å². The van der Waals surface area contributed by atoms with Crippen LogP contribution in [0.4, 0.5) is 4.39 Å². The van der Waals surface area contributed by atoms with Crippen LogP contribution in [0, 0.1) is 12.7 Å². The SMILES string of the molecule is Cc1c(Br)cc(F)c(O)c1C(C)CC=O. The van der Waals surface area contributed by atoms with Gasteiger partial charge in [0.15, 0.2) is 11.6 Å². The molecule has 0 aliphatic heterocycles. The highest BCUT2D eigenvalue weighted by atomic mass is 79.9. The van der Waals surface area contributed by atoms with Crippen molar-refractivity contribution in [1.29, 1.82) is 0 Å².